The lowest BCUT2D eigenvalue weighted by molar-refractivity contribution is 0.448. The number of halogens is 2. The van der Waals surface area contributed by atoms with Gasteiger partial charge in [0.1, 0.15) is 22.8 Å². The Hall–Kier alpha value is -3.11. The summed E-state index contributed by atoms with van der Waals surface area (Å²) >= 11 is 1.29. The van der Waals surface area contributed by atoms with Gasteiger partial charge in [0.2, 0.25) is 0 Å². The highest BCUT2D eigenvalue weighted by molar-refractivity contribution is 7.98. The van der Waals surface area contributed by atoms with Crippen molar-refractivity contribution in [1.82, 2.24) is 25.3 Å². The summed E-state index contributed by atoms with van der Waals surface area (Å²) in [6, 6.07) is 4.76. The van der Waals surface area contributed by atoms with Crippen molar-refractivity contribution >= 4 is 39.3 Å². The first-order chi connectivity index (χ1) is 19.2. The summed E-state index contributed by atoms with van der Waals surface area (Å²) < 4.78 is 31.5. The van der Waals surface area contributed by atoms with E-state index in [-0.39, 0.29) is 22.2 Å². The largest absolute Gasteiger partial charge is 0.368 e. The fourth-order valence-electron chi connectivity index (χ4n) is 4.80. The number of H-pyrrole nitrogens is 1. The summed E-state index contributed by atoms with van der Waals surface area (Å²) in [6.07, 6.45) is 5.60. The second kappa shape index (κ2) is 14.5. The van der Waals surface area contributed by atoms with E-state index in [9.17, 15) is 4.79 Å². The van der Waals surface area contributed by atoms with E-state index in [0.29, 0.717) is 58.9 Å². The SMILES string of the molecule is CC.CCCc1nc(-c2c(F)ccc3cc[nH]c(=O)c23)c(F)c2nc(SC)nc(NCCNC(C)CC(C)C)c12. The first kappa shape index (κ1) is 31.4. The summed E-state index contributed by atoms with van der Waals surface area (Å²) in [5.41, 5.74) is -0.279. The smallest absolute Gasteiger partial charge is 0.256 e. The van der Waals surface area contributed by atoms with Crippen LogP contribution in [0.3, 0.4) is 0 Å². The number of hydrogen-bond donors (Lipinski definition) is 3. The van der Waals surface area contributed by atoms with Crippen LogP contribution in [0.25, 0.3) is 32.9 Å². The Morgan fingerprint density at radius 1 is 1.02 bits per heavy atom. The molecule has 0 aliphatic rings. The molecule has 4 rings (SSSR count). The number of hydrogen-bond acceptors (Lipinski definition) is 7. The molecule has 216 valence electrons. The summed E-state index contributed by atoms with van der Waals surface area (Å²) in [5.74, 6) is -0.405. The van der Waals surface area contributed by atoms with Crippen molar-refractivity contribution < 1.29 is 8.78 Å². The van der Waals surface area contributed by atoms with E-state index in [1.165, 1.54) is 30.1 Å². The van der Waals surface area contributed by atoms with Crippen LogP contribution in [0, 0.1) is 17.6 Å². The molecule has 40 heavy (non-hydrogen) atoms. The van der Waals surface area contributed by atoms with E-state index < -0.39 is 17.2 Å². The highest BCUT2D eigenvalue weighted by atomic mass is 32.2. The number of anilines is 1. The molecule has 0 saturated carbocycles. The monoisotopic (exact) mass is 570 g/mol. The van der Waals surface area contributed by atoms with Crippen molar-refractivity contribution in [3.05, 3.63) is 52.1 Å². The Bertz CT molecular complexity index is 1510. The Labute approximate surface area is 239 Å². The van der Waals surface area contributed by atoms with E-state index in [2.05, 4.69) is 51.3 Å². The van der Waals surface area contributed by atoms with Crippen molar-refractivity contribution in [1.29, 1.82) is 0 Å². The third-order valence-electron chi connectivity index (χ3n) is 6.37. The van der Waals surface area contributed by atoms with Crippen LogP contribution >= 0.6 is 11.8 Å². The minimum atomic E-state index is -0.779. The molecule has 3 heterocycles. The molecule has 0 spiro atoms. The minimum Gasteiger partial charge on any atom is -0.368 e. The molecular formula is C30H40F2N6OS. The zero-order valence-electron chi connectivity index (χ0n) is 24.4. The van der Waals surface area contributed by atoms with Crippen LogP contribution in [0.1, 0.15) is 60.1 Å². The van der Waals surface area contributed by atoms with Gasteiger partial charge < -0.3 is 15.6 Å². The van der Waals surface area contributed by atoms with E-state index in [0.717, 1.165) is 12.8 Å². The lowest BCUT2D eigenvalue weighted by atomic mass is 10.00. The quantitative estimate of drug-likeness (QED) is 0.102. The molecule has 0 aliphatic heterocycles. The number of aromatic nitrogens is 4. The Morgan fingerprint density at radius 2 is 1.77 bits per heavy atom. The van der Waals surface area contributed by atoms with Gasteiger partial charge in [-0.05, 0) is 49.5 Å². The van der Waals surface area contributed by atoms with Gasteiger partial charge in [-0.3, -0.25) is 4.79 Å². The van der Waals surface area contributed by atoms with Crippen molar-refractivity contribution in [2.45, 2.75) is 72.0 Å². The summed E-state index contributed by atoms with van der Waals surface area (Å²) in [4.78, 5) is 29.0. The van der Waals surface area contributed by atoms with Crippen LogP contribution < -0.4 is 16.2 Å². The molecule has 0 radical (unpaired) electrons. The summed E-state index contributed by atoms with van der Waals surface area (Å²) in [7, 11) is 0. The molecule has 0 aliphatic carbocycles. The van der Waals surface area contributed by atoms with Gasteiger partial charge in [-0.1, -0.05) is 58.9 Å². The topological polar surface area (TPSA) is 95.6 Å². The van der Waals surface area contributed by atoms with Crippen LogP contribution in [0.5, 0.6) is 0 Å². The zero-order chi connectivity index (χ0) is 29.4. The molecular weight excluding hydrogens is 530 g/mol. The normalized spacial score (nSPS) is 12.1. The number of aryl methyl sites for hydroxylation is 1. The molecule has 1 unspecified atom stereocenters. The number of nitrogens with zero attached hydrogens (tertiary/aromatic N) is 3. The predicted octanol–water partition coefficient (Wildman–Crippen LogP) is 6.95. The lowest BCUT2D eigenvalue weighted by Gasteiger charge is -2.18. The van der Waals surface area contributed by atoms with E-state index in [1.54, 1.807) is 6.07 Å². The molecule has 10 heteroatoms. The van der Waals surface area contributed by atoms with Gasteiger partial charge in [-0.2, -0.15) is 0 Å². The standard InChI is InChI=1S/C28H34F2N6OS.C2H6/c1-6-7-19-22-25(35-28(38-5)36-26(22)32-13-12-31-16(4)14-15(2)3)23(30)24(34-19)21-18(29)9-8-17-10-11-33-27(37)20(17)21;1-2/h8-11,15-16,31H,6-7,12-14H2,1-5H3,(H,33,37)(H,32,35,36);1-2H3. The number of fused-ring (bicyclic) bond motifs is 2. The zero-order valence-corrected chi connectivity index (χ0v) is 25.2. The molecule has 0 amide bonds. The van der Waals surface area contributed by atoms with Gasteiger partial charge >= 0.3 is 0 Å². The molecule has 0 fully saturated rings. The van der Waals surface area contributed by atoms with E-state index >= 15 is 8.78 Å². The third-order valence-corrected chi connectivity index (χ3v) is 6.92. The molecule has 3 N–H and O–H groups in total. The first-order valence-corrected chi connectivity index (χ1v) is 15.2. The maximum Gasteiger partial charge on any atom is 0.256 e. The average molecular weight is 571 g/mol. The maximum absolute atomic E-state index is 16.2. The second-order valence-electron chi connectivity index (χ2n) is 9.86. The van der Waals surface area contributed by atoms with Crippen LogP contribution in [0.4, 0.5) is 14.6 Å². The molecule has 4 aromatic rings. The van der Waals surface area contributed by atoms with Gasteiger partial charge in [0.25, 0.3) is 5.56 Å². The van der Waals surface area contributed by atoms with Crippen molar-refractivity contribution in [2.75, 3.05) is 24.7 Å². The third kappa shape index (κ3) is 6.96. The molecule has 0 bridgehead atoms. The first-order valence-electron chi connectivity index (χ1n) is 14.0. The molecule has 1 atom stereocenters. The fourth-order valence-corrected chi connectivity index (χ4v) is 5.17. The number of aromatic amines is 1. The second-order valence-corrected chi connectivity index (χ2v) is 10.6. The molecule has 0 saturated heterocycles. The lowest BCUT2D eigenvalue weighted by Crippen LogP contribution is -2.31. The van der Waals surface area contributed by atoms with Crippen LogP contribution in [-0.2, 0) is 6.42 Å². The Balaban J connectivity index is 0.00000216. The minimum absolute atomic E-state index is 0.0554. The Morgan fingerprint density at radius 3 is 2.45 bits per heavy atom. The van der Waals surface area contributed by atoms with Crippen LogP contribution in [-0.4, -0.2) is 45.3 Å². The van der Waals surface area contributed by atoms with Crippen molar-refractivity contribution in [3.63, 3.8) is 0 Å². The number of benzene rings is 1. The molecule has 1 aromatic carbocycles. The van der Waals surface area contributed by atoms with Crippen LogP contribution in [0.15, 0.2) is 34.3 Å². The number of pyridine rings is 2. The van der Waals surface area contributed by atoms with E-state index in [1.807, 2.05) is 27.0 Å². The molecule has 7 nitrogen and oxygen atoms in total. The van der Waals surface area contributed by atoms with Gasteiger partial charge in [-0.15, -0.1) is 0 Å². The van der Waals surface area contributed by atoms with Crippen molar-refractivity contribution in [2.24, 2.45) is 5.92 Å². The van der Waals surface area contributed by atoms with Gasteiger partial charge in [-0.25, -0.2) is 23.7 Å². The van der Waals surface area contributed by atoms with Crippen LogP contribution in [0.2, 0.25) is 0 Å². The summed E-state index contributed by atoms with van der Waals surface area (Å²) in [6.45, 7) is 13.8. The van der Waals surface area contributed by atoms with Gasteiger partial charge in [0.15, 0.2) is 11.0 Å². The highest BCUT2D eigenvalue weighted by Gasteiger charge is 2.25. The Kier molecular flexibility index (Phi) is 11.4. The number of rotatable bonds is 11. The highest BCUT2D eigenvalue weighted by Crippen LogP contribution is 2.36. The predicted molar refractivity (Wildman–Crippen MR) is 163 cm³/mol. The maximum atomic E-state index is 16.2. The fraction of sp³-hybridized carbons (Fsp3) is 0.467. The molecule has 3 aromatic heterocycles. The average Bonchev–Trinajstić information content (AvgIpc) is 2.93. The number of thioether (sulfide) groups is 1. The van der Waals surface area contributed by atoms with Gasteiger partial charge in [0, 0.05) is 25.3 Å². The summed E-state index contributed by atoms with van der Waals surface area (Å²) in [5, 5.41) is 8.26. The van der Waals surface area contributed by atoms with Gasteiger partial charge in [0.05, 0.1) is 22.0 Å². The number of nitrogens with one attached hydrogen (secondary N) is 3. The van der Waals surface area contributed by atoms with E-state index in [4.69, 9.17) is 0 Å². The van der Waals surface area contributed by atoms with Crippen molar-refractivity contribution in [3.8, 4) is 11.3 Å².